The highest BCUT2D eigenvalue weighted by Crippen LogP contribution is 2.45. The first kappa shape index (κ1) is 103. The van der Waals surface area contributed by atoms with Crippen molar-refractivity contribution in [3.63, 3.8) is 0 Å². The number of ether oxygens (including phenoxy) is 4. The lowest BCUT2D eigenvalue weighted by Crippen LogP contribution is -2.30. The van der Waals surface area contributed by atoms with Crippen molar-refractivity contribution in [1.29, 1.82) is 0 Å². The molecular weight excluding hydrogens is 1370 g/mol. The summed E-state index contributed by atoms with van der Waals surface area (Å²) in [6.07, 6.45) is 66.7. The Morgan fingerprint density at radius 1 is 0.257 bits per heavy atom. The smallest absolute Gasteiger partial charge is 0.462 e. The SMILES string of the molecule is CCCCCCCCCCCCCCCCCCCCCCC(=O)O[C@H](COC(=O)CCCCCCCCCCCCCCCCC(C)C)COP(=O)(O)OC[C@@H](O)COP(=O)(O)OC[C@@H](COC(=O)CCCCCCCCCCC(C)C)OC(=O)CCCCCCCCCCCCCCCCC(C)C. The van der Waals surface area contributed by atoms with Crippen LogP contribution in [-0.2, 0) is 65.4 Å². The molecule has 0 rings (SSSR count). The second-order valence-corrected chi connectivity index (χ2v) is 35.3. The van der Waals surface area contributed by atoms with Gasteiger partial charge in [-0.25, -0.2) is 9.13 Å². The third-order valence-electron chi connectivity index (χ3n) is 20.1. The van der Waals surface area contributed by atoms with E-state index in [0.717, 1.165) is 108 Å². The van der Waals surface area contributed by atoms with Crippen molar-refractivity contribution in [3.05, 3.63) is 0 Å². The van der Waals surface area contributed by atoms with Crippen molar-refractivity contribution in [2.75, 3.05) is 39.6 Å². The van der Waals surface area contributed by atoms with Crippen molar-refractivity contribution in [2.45, 2.75) is 471 Å². The monoisotopic (exact) mass is 1540 g/mol. The Morgan fingerprint density at radius 2 is 0.438 bits per heavy atom. The van der Waals surface area contributed by atoms with E-state index in [1.165, 1.54) is 263 Å². The van der Waals surface area contributed by atoms with Crippen LogP contribution in [0.15, 0.2) is 0 Å². The number of phosphoric acid groups is 2. The maximum absolute atomic E-state index is 13.1. The van der Waals surface area contributed by atoms with Crippen molar-refractivity contribution in [3.8, 4) is 0 Å². The summed E-state index contributed by atoms with van der Waals surface area (Å²) in [5, 5.41) is 10.7. The van der Waals surface area contributed by atoms with Crippen molar-refractivity contribution in [2.24, 2.45) is 17.8 Å². The third kappa shape index (κ3) is 79.9. The topological polar surface area (TPSA) is 237 Å². The summed E-state index contributed by atoms with van der Waals surface area (Å²) in [4.78, 5) is 73.2. The molecule has 0 saturated carbocycles. The molecule has 624 valence electrons. The molecular formula is C86H168O17P2. The lowest BCUT2D eigenvalue weighted by atomic mass is 10.0. The van der Waals surface area contributed by atoms with Gasteiger partial charge >= 0.3 is 39.5 Å². The fourth-order valence-corrected chi connectivity index (χ4v) is 14.9. The highest BCUT2D eigenvalue weighted by atomic mass is 31.2. The fraction of sp³-hybridized carbons (Fsp3) is 0.953. The summed E-state index contributed by atoms with van der Waals surface area (Å²) < 4.78 is 68.9. The van der Waals surface area contributed by atoms with Crippen molar-refractivity contribution < 1.29 is 80.2 Å². The molecule has 0 aliphatic carbocycles. The van der Waals surface area contributed by atoms with E-state index >= 15 is 0 Å². The fourth-order valence-electron chi connectivity index (χ4n) is 13.4. The zero-order valence-corrected chi connectivity index (χ0v) is 71.0. The summed E-state index contributed by atoms with van der Waals surface area (Å²) in [6, 6.07) is 0. The van der Waals surface area contributed by atoms with Gasteiger partial charge in [0.15, 0.2) is 12.2 Å². The van der Waals surface area contributed by atoms with Crippen LogP contribution in [0.25, 0.3) is 0 Å². The second kappa shape index (κ2) is 76.1. The van der Waals surface area contributed by atoms with Gasteiger partial charge in [0.05, 0.1) is 26.4 Å². The molecule has 2 unspecified atom stereocenters. The Hall–Kier alpha value is -1.94. The number of rotatable bonds is 84. The summed E-state index contributed by atoms with van der Waals surface area (Å²) in [7, 11) is -9.93. The maximum Gasteiger partial charge on any atom is 0.472 e. The van der Waals surface area contributed by atoms with Crippen LogP contribution in [0.3, 0.4) is 0 Å². The molecule has 0 aliphatic heterocycles. The van der Waals surface area contributed by atoms with Crippen LogP contribution in [0.2, 0.25) is 0 Å². The molecule has 0 aromatic carbocycles. The molecule has 19 heteroatoms. The number of carbonyl (C=O) groups excluding carboxylic acids is 4. The Kier molecular flexibility index (Phi) is 74.7. The molecule has 105 heavy (non-hydrogen) atoms. The van der Waals surface area contributed by atoms with Crippen LogP contribution < -0.4 is 0 Å². The molecule has 17 nitrogen and oxygen atoms in total. The molecule has 0 aliphatic rings. The van der Waals surface area contributed by atoms with Gasteiger partial charge in [0.2, 0.25) is 0 Å². The van der Waals surface area contributed by atoms with E-state index in [1.54, 1.807) is 0 Å². The van der Waals surface area contributed by atoms with E-state index in [-0.39, 0.29) is 25.7 Å². The van der Waals surface area contributed by atoms with Gasteiger partial charge in [-0.15, -0.1) is 0 Å². The first-order chi connectivity index (χ1) is 50.7. The summed E-state index contributed by atoms with van der Waals surface area (Å²) in [5.74, 6) is 0.216. The van der Waals surface area contributed by atoms with E-state index in [1.807, 2.05) is 0 Å². The first-order valence-corrected chi connectivity index (χ1v) is 47.3. The zero-order chi connectivity index (χ0) is 77.2. The highest BCUT2D eigenvalue weighted by Gasteiger charge is 2.30. The Labute approximate surface area is 645 Å². The Morgan fingerprint density at radius 3 is 0.648 bits per heavy atom. The molecule has 0 spiro atoms. The predicted molar refractivity (Wildman–Crippen MR) is 432 cm³/mol. The lowest BCUT2D eigenvalue weighted by Gasteiger charge is -2.21. The van der Waals surface area contributed by atoms with E-state index < -0.39 is 97.5 Å². The van der Waals surface area contributed by atoms with Crippen LogP contribution in [-0.4, -0.2) is 96.7 Å². The molecule has 0 amide bonds. The number of esters is 4. The van der Waals surface area contributed by atoms with Crippen LogP contribution >= 0.6 is 15.6 Å². The number of aliphatic hydroxyl groups is 1. The lowest BCUT2D eigenvalue weighted by molar-refractivity contribution is -0.161. The van der Waals surface area contributed by atoms with E-state index in [4.69, 9.17) is 37.0 Å². The van der Waals surface area contributed by atoms with Crippen LogP contribution in [0, 0.1) is 17.8 Å². The predicted octanol–water partition coefficient (Wildman–Crippen LogP) is 26.1. The summed E-state index contributed by atoms with van der Waals surface area (Å²) in [6.45, 7) is 12.0. The van der Waals surface area contributed by atoms with E-state index in [2.05, 4.69) is 48.5 Å². The van der Waals surface area contributed by atoms with Crippen LogP contribution in [0.4, 0.5) is 0 Å². The van der Waals surface area contributed by atoms with Gasteiger partial charge in [-0.3, -0.25) is 37.3 Å². The molecule has 3 N–H and O–H groups in total. The minimum Gasteiger partial charge on any atom is -0.462 e. The number of aliphatic hydroxyl groups excluding tert-OH is 1. The van der Waals surface area contributed by atoms with Crippen LogP contribution in [0.1, 0.15) is 453 Å². The van der Waals surface area contributed by atoms with Gasteiger partial charge in [0.1, 0.15) is 19.3 Å². The normalized spacial score (nSPS) is 13.9. The Bertz CT molecular complexity index is 2030. The molecule has 5 atom stereocenters. The molecule has 0 heterocycles. The number of unbranched alkanes of at least 4 members (excludes halogenated alkanes) is 52. The van der Waals surface area contributed by atoms with E-state index in [0.29, 0.717) is 25.7 Å². The number of hydrogen-bond donors (Lipinski definition) is 3. The van der Waals surface area contributed by atoms with E-state index in [9.17, 15) is 43.2 Å². The Balaban J connectivity index is 5.25. The van der Waals surface area contributed by atoms with Gasteiger partial charge in [-0.1, -0.05) is 402 Å². The van der Waals surface area contributed by atoms with Crippen molar-refractivity contribution in [1.82, 2.24) is 0 Å². The molecule has 0 aromatic heterocycles. The summed E-state index contributed by atoms with van der Waals surface area (Å²) >= 11 is 0. The van der Waals surface area contributed by atoms with Gasteiger partial charge in [0.25, 0.3) is 0 Å². The largest absolute Gasteiger partial charge is 0.472 e. The average Bonchev–Trinajstić information content (AvgIpc) is 0.915. The minimum absolute atomic E-state index is 0.107. The summed E-state index contributed by atoms with van der Waals surface area (Å²) in [5.41, 5.74) is 0. The van der Waals surface area contributed by atoms with Gasteiger partial charge < -0.3 is 33.8 Å². The molecule has 0 bridgehead atoms. The third-order valence-corrected chi connectivity index (χ3v) is 22.0. The average molecular weight is 1540 g/mol. The van der Waals surface area contributed by atoms with Crippen LogP contribution in [0.5, 0.6) is 0 Å². The zero-order valence-electron chi connectivity index (χ0n) is 69.2. The minimum atomic E-state index is -4.97. The highest BCUT2D eigenvalue weighted by molar-refractivity contribution is 7.47. The second-order valence-electron chi connectivity index (χ2n) is 32.4. The van der Waals surface area contributed by atoms with Gasteiger partial charge in [0, 0.05) is 25.7 Å². The molecule has 0 fully saturated rings. The number of phosphoric ester groups is 2. The molecule has 0 saturated heterocycles. The molecule has 0 aromatic rings. The first-order valence-electron chi connectivity index (χ1n) is 44.3. The van der Waals surface area contributed by atoms with Crippen molar-refractivity contribution >= 4 is 39.5 Å². The number of hydrogen-bond acceptors (Lipinski definition) is 15. The standard InChI is InChI=1S/C86H168O17P2/c1-8-9-10-11-12-13-14-15-16-17-18-19-20-21-29-34-39-48-55-62-69-85(90)102-81(73-96-83(88)67-60-53-46-38-33-28-24-22-26-31-36-43-50-57-64-77(2)3)75-100-104(92,93)98-71-80(87)72-99-105(94,95)101-76-82(74-97-84(89)68-61-54-47-42-41-45-52-59-66-79(6)7)103-86(91)70-63-56-49-40-35-30-25-23-27-32-37-44-51-58-65-78(4)5/h77-82,87H,8-76H2,1-7H3,(H,92,93)(H,94,95)/t80-,81-,82-/m1/s1. The number of carbonyl (C=O) groups is 4. The molecule has 0 radical (unpaired) electrons. The van der Waals surface area contributed by atoms with Gasteiger partial charge in [-0.2, -0.15) is 0 Å². The quantitative estimate of drug-likeness (QED) is 0.0222. The van der Waals surface area contributed by atoms with Gasteiger partial charge in [-0.05, 0) is 43.4 Å². The maximum atomic E-state index is 13.1.